The van der Waals surface area contributed by atoms with Gasteiger partial charge in [-0.1, -0.05) is 13.8 Å². The molecule has 1 heterocycles. The van der Waals surface area contributed by atoms with Crippen LogP contribution in [0.4, 0.5) is 0 Å². The van der Waals surface area contributed by atoms with Gasteiger partial charge in [-0.3, -0.25) is 15.0 Å². The molecule has 0 fully saturated rings. The van der Waals surface area contributed by atoms with Crippen molar-refractivity contribution in [2.24, 2.45) is 11.8 Å². The molecule has 1 aromatic heterocycles. The van der Waals surface area contributed by atoms with Crippen molar-refractivity contribution in [3.63, 3.8) is 0 Å². The lowest BCUT2D eigenvalue weighted by atomic mass is 9.94. The van der Waals surface area contributed by atoms with Crippen molar-refractivity contribution in [1.82, 2.24) is 9.99 Å². The molecule has 0 bridgehead atoms. The van der Waals surface area contributed by atoms with Gasteiger partial charge in [-0.15, -0.1) is 0 Å². The zero-order valence-electron chi connectivity index (χ0n) is 13.0. The van der Waals surface area contributed by atoms with Gasteiger partial charge in [0.2, 0.25) is 0 Å². The normalized spacial score (nSPS) is 14.5. The molecule has 1 aliphatic rings. The molecule has 22 heavy (non-hydrogen) atoms. The largest absolute Gasteiger partial charge is 0.344 e. The molecule has 0 unspecified atom stereocenters. The second kappa shape index (κ2) is 5.57. The van der Waals surface area contributed by atoms with E-state index in [9.17, 15) is 9.59 Å². The third kappa shape index (κ3) is 2.41. The summed E-state index contributed by atoms with van der Waals surface area (Å²) >= 11 is 0. The Kier molecular flexibility index (Phi) is 3.74. The number of ketones is 1. The molecule has 0 spiro atoms. The maximum Gasteiger partial charge on any atom is 0.265 e. The van der Waals surface area contributed by atoms with Gasteiger partial charge in [0.1, 0.15) is 5.78 Å². The summed E-state index contributed by atoms with van der Waals surface area (Å²) in [6.45, 7) is 5.29. The lowest BCUT2D eigenvalue weighted by Gasteiger charge is -2.17. The Morgan fingerprint density at radius 1 is 1.36 bits per heavy atom. The third-order valence-electron chi connectivity index (χ3n) is 4.24. The van der Waals surface area contributed by atoms with Crippen molar-refractivity contribution < 1.29 is 9.59 Å². The van der Waals surface area contributed by atoms with Crippen LogP contribution in [0.15, 0.2) is 18.2 Å². The van der Waals surface area contributed by atoms with Crippen LogP contribution in [0.25, 0.3) is 10.9 Å². The molecule has 0 radical (unpaired) electrons. The van der Waals surface area contributed by atoms with E-state index in [1.807, 2.05) is 12.1 Å². The Balaban J connectivity index is 2.22. The quantitative estimate of drug-likeness (QED) is 0.517. The highest BCUT2D eigenvalue weighted by molar-refractivity contribution is 6.00. The number of carbonyl (C=O) groups excluding carboxylic acids is 2. The predicted octanol–water partition coefficient (Wildman–Crippen LogP) is 1.96. The fraction of sp³-hybridized carbons (Fsp3) is 0.412. The first kappa shape index (κ1) is 14.8. The van der Waals surface area contributed by atoms with Crippen molar-refractivity contribution in [3.05, 3.63) is 35.0 Å². The SMILES string of the molecule is CC(C)Cn1c2c(c3cc(C(=O)NN)ccc31)CC(=O)CC2. The van der Waals surface area contributed by atoms with Crippen LogP contribution in [0.2, 0.25) is 0 Å². The number of carbonyl (C=O) groups is 2. The number of nitrogens with one attached hydrogen (secondary N) is 1. The van der Waals surface area contributed by atoms with Crippen LogP contribution >= 0.6 is 0 Å². The predicted molar refractivity (Wildman–Crippen MR) is 85.5 cm³/mol. The van der Waals surface area contributed by atoms with Crippen LogP contribution in [0.5, 0.6) is 0 Å². The number of hydrogen-bond acceptors (Lipinski definition) is 3. The van der Waals surface area contributed by atoms with Gasteiger partial charge in [0.15, 0.2) is 0 Å². The van der Waals surface area contributed by atoms with Crippen LogP contribution < -0.4 is 11.3 Å². The summed E-state index contributed by atoms with van der Waals surface area (Å²) in [5.41, 5.74) is 6.11. The summed E-state index contributed by atoms with van der Waals surface area (Å²) < 4.78 is 2.31. The fourth-order valence-corrected chi connectivity index (χ4v) is 3.30. The number of rotatable bonds is 3. The standard InChI is InChI=1S/C17H21N3O2/c1-10(2)9-20-15-5-3-11(17(22)19-18)7-13(15)14-8-12(21)4-6-16(14)20/h3,5,7,10H,4,6,8-9,18H2,1-2H3,(H,19,22). The van der Waals surface area contributed by atoms with E-state index < -0.39 is 0 Å². The minimum absolute atomic E-state index is 0.268. The zero-order valence-corrected chi connectivity index (χ0v) is 13.0. The minimum atomic E-state index is -0.311. The summed E-state index contributed by atoms with van der Waals surface area (Å²) in [5.74, 6) is 5.70. The number of nitrogens with two attached hydrogens (primary N) is 1. The average Bonchev–Trinajstić information content (AvgIpc) is 2.79. The highest BCUT2D eigenvalue weighted by Crippen LogP contribution is 2.32. The topological polar surface area (TPSA) is 77.1 Å². The Labute approximate surface area is 129 Å². The van der Waals surface area contributed by atoms with Gasteiger partial charge in [-0.25, -0.2) is 5.84 Å². The van der Waals surface area contributed by atoms with Crippen molar-refractivity contribution in [3.8, 4) is 0 Å². The summed E-state index contributed by atoms with van der Waals surface area (Å²) in [7, 11) is 0. The molecule has 5 nitrogen and oxygen atoms in total. The average molecular weight is 299 g/mol. The number of fused-ring (bicyclic) bond motifs is 3. The molecule has 3 N–H and O–H groups in total. The van der Waals surface area contributed by atoms with E-state index in [4.69, 9.17) is 5.84 Å². The molecule has 0 aliphatic heterocycles. The van der Waals surface area contributed by atoms with Crippen LogP contribution in [-0.2, 0) is 24.2 Å². The Morgan fingerprint density at radius 3 is 2.82 bits per heavy atom. The van der Waals surface area contributed by atoms with E-state index in [0.29, 0.717) is 24.3 Å². The molecular formula is C17H21N3O2. The molecule has 1 aromatic carbocycles. The first-order valence-corrected chi connectivity index (χ1v) is 7.68. The lowest BCUT2D eigenvalue weighted by Crippen LogP contribution is -2.29. The number of nitrogens with zero attached hydrogens (tertiary/aromatic N) is 1. The summed E-state index contributed by atoms with van der Waals surface area (Å²) in [6, 6.07) is 5.60. The molecule has 5 heteroatoms. The maximum absolute atomic E-state index is 11.9. The van der Waals surface area contributed by atoms with E-state index >= 15 is 0 Å². The van der Waals surface area contributed by atoms with E-state index in [1.54, 1.807) is 6.07 Å². The molecule has 0 saturated heterocycles. The van der Waals surface area contributed by atoms with Gasteiger partial charge in [-0.05, 0) is 36.1 Å². The first-order valence-electron chi connectivity index (χ1n) is 7.68. The molecular weight excluding hydrogens is 278 g/mol. The van der Waals surface area contributed by atoms with Crippen molar-refractivity contribution >= 4 is 22.6 Å². The number of benzene rings is 1. The lowest BCUT2D eigenvalue weighted by molar-refractivity contribution is -0.118. The van der Waals surface area contributed by atoms with Crippen LogP contribution in [0.1, 0.15) is 41.9 Å². The molecule has 3 rings (SSSR count). The van der Waals surface area contributed by atoms with Gasteiger partial charge in [0.25, 0.3) is 5.91 Å². The van der Waals surface area contributed by atoms with Gasteiger partial charge >= 0.3 is 0 Å². The van der Waals surface area contributed by atoms with E-state index in [2.05, 4.69) is 23.8 Å². The monoisotopic (exact) mass is 299 g/mol. The van der Waals surface area contributed by atoms with Crippen LogP contribution in [0, 0.1) is 5.92 Å². The molecule has 0 atom stereocenters. The van der Waals surface area contributed by atoms with Crippen LogP contribution in [0.3, 0.4) is 0 Å². The Bertz CT molecular complexity index is 759. The molecule has 1 amide bonds. The Morgan fingerprint density at radius 2 is 2.14 bits per heavy atom. The number of Topliss-reactive ketones (excluding diaryl/α,β-unsaturated/α-hetero) is 1. The summed E-state index contributed by atoms with van der Waals surface area (Å²) in [5, 5.41) is 1.00. The number of nitrogen functional groups attached to an aromatic ring is 1. The highest BCUT2D eigenvalue weighted by atomic mass is 16.2. The van der Waals surface area contributed by atoms with E-state index in [0.717, 1.165) is 29.4 Å². The molecule has 0 saturated carbocycles. The van der Waals surface area contributed by atoms with Gasteiger partial charge in [-0.2, -0.15) is 0 Å². The van der Waals surface area contributed by atoms with E-state index in [1.165, 1.54) is 5.69 Å². The zero-order chi connectivity index (χ0) is 15.9. The van der Waals surface area contributed by atoms with Gasteiger partial charge < -0.3 is 4.57 Å². The van der Waals surface area contributed by atoms with Crippen molar-refractivity contribution in [2.45, 2.75) is 39.7 Å². The molecule has 2 aromatic rings. The minimum Gasteiger partial charge on any atom is -0.344 e. The van der Waals surface area contributed by atoms with E-state index in [-0.39, 0.29) is 11.7 Å². The van der Waals surface area contributed by atoms with Crippen molar-refractivity contribution in [1.29, 1.82) is 0 Å². The first-order chi connectivity index (χ1) is 10.5. The summed E-state index contributed by atoms with van der Waals surface area (Å²) in [4.78, 5) is 23.6. The number of hydrogen-bond donors (Lipinski definition) is 2. The fourth-order valence-electron chi connectivity index (χ4n) is 3.30. The van der Waals surface area contributed by atoms with Crippen molar-refractivity contribution in [2.75, 3.05) is 0 Å². The number of hydrazine groups is 1. The second-order valence-electron chi connectivity index (χ2n) is 6.35. The van der Waals surface area contributed by atoms with Gasteiger partial charge in [0, 0.05) is 41.5 Å². The summed E-state index contributed by atoms with van der Waals surface area (Å²) in [6.07, 6.45) is 1.86. The maximum atomic E-state index is 11.9. The Hall–Kier alpha value is -2.14. The van der Waals surface area contributed by atoms with Gasteiger partial charge in [0.05, 0.1) is 0 Å². The third-order valence-corrected chi connectivity index (χ3v) is 4.24. The highest BCUT2D eigenvalue weighted by Gasteiger charge is 2.24. The number of aromatic nitrogens is 1. The second-order valence-corrected chi connectivity index (χ2v) is 6.35. The molecule has 1 aliphatic carbocycles. The smallest absolute Gasteiger partial charge is 0.265 e. The number of amides is 1. The van der Waals surface area contributed by atoms with Crippen LogP contribution in [-0.4, -0.2) is 16.3 Å². The molecule has 116 valence electrons.